The lowest BCUT2D eigenvalue weighted by Crippen LogP contribution is -2.39. The lowest BCUT2D eigenvalue weighted by atomic mass is 9.85. The van der Waals surface area contributed by atoms with E-state index in [1.165, 1.54) is 7.11 Å². The Morgan fingerprint density at radius 3 is 1.96 bits per heavy atom. The number of amides is 4. The van der Waals surface area contributed by atoms with Gasteiger partial charge in [0.15, 0.2) is 0 Å². The number of nitrogens with zero attached hydrogens (tertiary/aromatic N) is 1. The second kappa shape index (κ2) is 7.20. The average molecular weight is 383 g/mol. The molecule has 1 saturated carbocycles. The van der Waals surface area contributed by atoms with Crippen LogP contribution in [0, 0.1) is 23.7 Å². The third-order valence-electron chi connectivity index (χ3n) is 5.59. The Labute approximate surface area is 161 Å². The average Bonchev–Trinajstić information content (AvgIpc) is 3.34. The Balaban J connectivity index is 1.34. The molecular formula is C20H21N3O5. The number of hydrogen-bond donors (Lipinski definition) is 2. The molecule has 28 heavy (non-hydrogen) atoms. The predicted octanol–water partition coefficient (Wildman–Crippen LogP) is 1.02. The molecule has 2 fully saturated rings. The Kier molecular flexibility index (Phi) is 4.72. The van der Waals surface area contributed by atoms with Crippen LogP contribution in [0.5, 0.6) is 0 Å². The molecule has 1 heterocycles. The van der Waals surface area contributed by atoms with Crippen LogP contribution in [0.4, 0.5) is 11.4 Å². The minimum atomic E-state index is -0.432. The maximum Gasteiger partial charge on any atom is 0.250 e. The van der Waals surface area contributed by atoms with Gasteiger partial charge in [0, 0.05) is 18.5 Å². The van der Waals surface area contributed by atoms with E-state index in [0.29, 0.717) is 11.4 Å². The molecule has 4 amide bonds. The van der Waals surface area contributed by atoms with E-state index in [1.54, 1.807) is 24.3 Å². The summed E-state index contributed by atoms with van der Waals surface area (Å²) in [6.45, 7) is -0.327. The van der Waals surface area contributed by atoms with Crippen LogP contribution < -0.4 is 10.6 Å². The molecule has 2 aliphatic carbocycles. The summed E-state index contributed by atoms with van der Waals surface area (Å²) in [6, 6.07) is 6.55. The number of nitrogens with one attached hydrogen (secondary N) is 2. The van der Waals surface area contributed by atoms with Crippen molar-refractivity contribution in [3.63, 3.8) is 0 Å². The molecule has 4 atom stereocenters. The summed E-state index contributed by atoms with van der Waals surface area (Å²) in [6.07, 6.45) is 4.90. The van der Waals surface area contributed by atoms with Crippen LogP contribution in [-0.2, 0) is 23.9 Å². The molecule has 1 aliphatic heterocycles. The molecule has 1 aromatic rings. The van der Waals surface area contributed by atoms with Crippen molar-refractivity contribution in [2.75, 3.05) is 30.9 Å². The molecule has 146 valence electrons. The first-order valence-corrected chi connectivity index (χ1v) is 9.20. The highest BCUT2D eigenvalue weighted by atomic mass is 16.5. The number of carbonyl (C=O) groups is 4. The van der Waals surface area contributed by atoms with Crippen LogP contribution >= 0.6 is 0 Å². The van der Waals surface area contributed by atoms with E-state index in [9.17, 15) is 19.2 Å². The van der Waals surface area contributed by atoms with Crippen molar-refractivity contribution in [3.05, 3.63) is 36.4 Å². The quantitative estimate of drug-likeness (QED) is 0.564. The van der Waals surface area contributed by atoms with Gasteiger partial charge in [0.1, 0.15) is 13.2 Å². The fraction of sp³-hybridized carbons (Fsp3) is 0.400. The monoisotopic (exact) mass is 383 g/mol. The third-order valence-corrected chi connectivity index (χ3v) is 5.59. The second-order valence-electron chi connectivity index (χ2n) is 7.37. The maximum atomic E-state index is 12.6. The zero-order chi connectivity index (χ0) is 19.8. The van der Waals surface area contributed by atoms with Crippen LogP contribution in [0.1, 0.15) is 6.42 Å². The highest BCUT2D eigenvalue weighted by molar-refractivity contribution is 6.09. The lowest BCUT2D eigenvalue weighted by Gasteiger charge is -2.17. The lowest BCUT2D eigenvalue weighted by molar-refractivity contribution is -0.143. The number of anilines is 2. The number of likely N-dealkylation sites (tertiary alicyclic amines) is 1. The molecule has 2 bridgehead atoms. The smallest absolute Gasteiger partial charge is 0.250 e. The van der Waals surface area contributed by atoms with Crippen molar-refractivity contribution >= 4 is 35.0 Å². The number of imide groups is 1. The number of hydrogen-bond acceptors (Lipinski definition) is 5. The summed E-state index contributed by atoms with van der Waals surface area (Å²) in [4.78, 5) is 50.2. The maximum absolute atomic E-state index is 12.6. The van der Waals surface area contributed by atoms with Gasteiger partial charge in [0.25, 0.3) is 0 Å². The van der Waals surface area contributed by atoms with Gasteiger partial charge >= 0.3 is 0 Å². The van der Waals surface area contributed by atoms with Gasteiger partial charge in [-0.2, -0.15) is 0 Å². The molecule has 2 N–H and O–H groups in total. The number of rotatable bonds is 6. The highest BCUT2D eigenvalue weighted by Crippen LogP contribution is 2.52. The summed E-state index contributed by atoms with van der Waals surface area (Å²) in [5, 5.41) is 5.33. The van der Waals surface area contributed by atoms with Crippen LogP contribution in [-0.4, -0.2) is 48.8 Å². The zero-order valence-corrected chi connectivity index (χ0v) is 15.4. The summed E-state index contributed by atoms with van der Waals surface area (Å²) < 4.78 is 4.74. The van der Waals surface area contributed by atoms with Crippen molar-refractivity contribution in [2.45, 2.75) is 6.42 Å². The van der Waals surface area contributed by atoms with Crippen molar-refractivity contribution in [1.29, 1.82) is 0 Å². The van der Waals surface area contributed by atoms with Crippen molar-refractivity contribution in [3.8, 4) is 0 Å². The first kappa shape index (κ1) is 18.4. The molecule has 4 unspecified atom stereocenters. The number of allylic oxidation sites excluding steroid dienone is 2. The molecule has 0 aromatic heterocycles. The molecule has 0 radical (unpaired) electrons. The van der Waals surface area contributed by atoms with E-state index in [-0.39, 0.29) is 54.5 Å². The van der Waals surface area contributed by atoms with Crippen LogP contribution in [0.2, 0.25) is 0 Å². The summed E-state index contributed by atoms with van der Waals surface area (Å²) in [7, 11) is 1.43. The third kappa shape index (κ3) is 3.20. The van der Waals surface area contributed by atoms with Gasteiger partial charge in [-0.3, -0.25) is 24.1 Å². The molecule has 4 rings (SSSR count). The Morgan fingerprint density at radius 1 is 0.964 bits per heavy atom. The van der Waals surface area contributed by atoms with Gasteiger partial charge in [-0.15, -0.1) is 0 Å². The molecular weight excluding hydrogens is 362 g/mol. The number of ether oxygens (including phenoxy) is 1. The molecule has 1 saturated heterocycles. The zero-order valence-electron chi connectivity index (χ0n) is 15.4. The first-order chi connectivity index (χ1) is 13.5. The molecule has 8 heteroatoms. The van der Waals surface area contributed by atoms with E-state index in [0.717, 1.165) is 11.3 Å². The summed E-state index contributed by atoms with van der Waals surface area (Å²) in [5.74, 6) is -1.54. The van der Waals surface area contributed by atoms with Crippen molar-refractivity contribution in [1.82, 2.24) is 4.90 Å². The Morgan fingerprint density at radius 2 is 1.46 bits per heavy atom. The number of methoxy groups -OCH3 is 1. The van der Waals surface area contributed by atoms with E-state index in [4.69, 9.17) is 4.74 Å². The fourth-order valence-corrected chi connectivity index (χ4v) is 4.43. The minimum absolute atomic E-state index is 0.0460. The Hall–Kier alpha value is -3.00. The number of fused-ring (bicyclic) bond motifs is 5. The van der Waals surface area contributed by atoms with Crippen LogP contribution in [0.15, 0.2) is 36.4 Å². The molecule has 3 aliphatic rings. The molecule has 1 aromatic carbocycles. The Bertz CT molecular complexity index is 833. The SMILES string of the molecule is COCC(=O)Nc1ccc(NC(=O)CN2C(=O)C3C4C=CC(C4)C3C2=O)cc1. The normalized spacial score (nSPS) is 27.2. The van der Waals surface area contributed by atoms with Gasteiger partial charge in [-0.05, 0) is 42.5 Å². The molecule has 0 spiro atoms. The molecule has 8 nitrogen and oxygen atoms in total. The minimum Gasteiger partial charge on any atom is -0.375 e. The van der Waals surface area contributed by atoms with Gasteiger partial charge in [-0.1, -0.05) is 12.2 Å². The van der Waals surface area contributed by atoms with Crippen LogP contribution in [0.25, 0.3) is 0 Å². The van der Waals surface area contributed by atoms with E-state index < -0.39 is 5.91 Å². The largest absolute Gasteiger partial charge is 0.375 e. The van der Waals surface area contributed by atoms with Crippen LogP contribution in [0.3, 0.4) is 0 Å². The number of benzene rings is 1. The van der Waals surface area contributed by atoms with E-state index >= 15 is 0 Å². The highest BCUT2D eigenvalue weighted by Gasteiger charge is 2.59. The second-order valence-corrected chi connectivity index (χ2v) is 7.37. The van der Waals surface area contributed by atoms with Gasteiger partial charge < -0.3 is 15.4 Å². The first-order valence-electron chi connectivity index (χ1n) is 9.20. The predicted molar refractivity (Wildman–Crippen MR) is 100 cm³/mol. The number of carbonyl (C=O) groups excluding carboxylic acids is 4. The fourth-order valence-electron chi connectivity index (χ4n) is 4.43. The van der Waals surface area contributed by atoms with Crippen molar-refractivity contribution < 1.29 is 23.9 Å². The topological polar surface area (TPSA) is 105 Å². The van der Waals surface area contributed by atoms with E-state index in [1.807, 2.05) is 12.2 Å². The van der Waals surface area contributed by atoms with Crippen molar-refractivity contribution in [2.24, 2.45) is 23.7 Å². The summed E-state index contributed by atoms with van der Waals surface area (Å²) >= 11 is 0. The summed E-state index contributed by atoms with van der Waals surface area (Å²) in [5.41, 5.74) is 1.08. The van der Waals surface area contributed by atoms with Gasteiger partial charge in [0.05, 0.1) is 11.8 Å². The van der Waals surface area contributed by atoms with E-state index in [2.05, 4.69) is 10.6 Å². The van der Waals surface area contributed by atoms with Gasteiger partial charge in [0.2, 0.25) is 23.6 Å². The van der Waals surface area contributed by atoms with Gasteiger partial charge in [-0.25, -0.2) is 0 Å². The standard InChI is InChI=1S/C20H21N3O5/c1-28-10-16(25)22-14-6-4-13(5-7-14)21-15(24)9-23-19(26)17-11-2-3-12(8-11)18(17)20(23)27/h2-7,11-12,17-18H,8-10H2,1H3,(H,21,24)(H,22,25).